The maximum Gasteiger partial charge on any atom is 0.0282 e. The monoisotopic (exact) mass is 198 g/mol. The first-order valence-corrected chi connectivity index (χ1v) is 6.04. The van der Waals surface area contributed by atoms with Gasteiger partial charge in [-0.1, -0.05) is 60.1 Å². The lowest BCUT2D eigenvalue weighted by atomic mass is 10.4. The van der Waals surface area contributed by atoms with E-state index in [0.29, 0.717) is 0 Å². The van der Waals surface area contributed by atoms with Gasteiger partial charge in [0.25, 0.3) is 0 Å². The zero-order valence-corrected chi connectivity index (χ0v) is 8.85. The van der Waals surface area contributed by atoms with Crippen LogP contribution >= 0.6 is 21.6 Å². The summed E-state index contributed by atoms with van der Waals surface area (Å²) >= 11 is 0. The third-order valence-corrected chi connectivity index (χ3v) is 3.50. The summed E-state index contributed by atoms with van der Waals surface area (Å²) in [6.07, 6.45) is 3.58. The van der Waals surface area contributed by atoms with E-state index in [1.54, 1.807) is 33.7 Å². The lowest BCUT2D eigenvalue weighted by Gasteiger charge is -1.99. The van der Waals surface area contributed by atoms with Crippen molar-refractivity contribution in [3.05, 3.63) is 49.6 Å². The molecule has 0 radical (unpaired) electrons. The number of rotatable bonds is 7. The second kappa shape index (κ2) is 7.32. The Hall–Kier alpha value is -0.340. The van der Waals surface area contributed by atoms with Crippen LogP contribution in [0.4, 0.5) is 0 Å². The van der Waals surface area contributed by atoms with Gasteiger partial charge < -0.3 is 0 Å². The summed E-state index contributed by atoms with van der Waals surface area (Å²) in [5.41, 5.74) is 2.13. The third kappa shape index (κ3) is 6.38. The van der Waals surface area contributed by atoms with Crippen LogP contribution in [0.3, 0.4) is 0 Å². The van der Waals surface area contributed by atoms with Crippen LogP contribution in [0.15, 0.2) is 49.6 Å². The van der Waals surface area contributed by atoms with E-state index < -0.39 is 0 Å². The molecule has 0 aromatic rings. The van der Waals surface area contributed by atoms with Gasteiger partial charge in [-0.15, -0.1) is 0 Å². The standard InChI is InChI=1S/C10H14S2/c1-5-9(3)7-11-12-8-10(4)6-2/h5-6H,1-4,7-8H2. The van der Waals surface area contributed by atoms with Gasteiger partial charge in [0, 0.05) is 11.5 Å². The molecule has 0 aromatic heterocycles. The Bertz CT molecular complexity index is 170. The molecule has 0 aliphatic carbocycles. The smallest absolute Gasteiger partial charge is 0.0282 e. The summed E-state index contributed by atoms with van der Waals surface area (Å²) in [4.78, 5) is 0. The van der Waals surface area contributed by atoms with Crippen LogP contribution in [0.1, 0.15) is 0 Å². The number of hydrogen-bond acceptors (Lipinski definition) is 2. The fraction of sp³-hybridized carbons (Fsp3) is 0.200. The second-order valence-corrected chi connectivity index (χ2v) is 4.71. The van der Waals surface area contributed by atoms with Crippen LogP contribution in [0.25, 0.3) is 0 Å². The average Bonchev–Trinajstić information content (AvgIpc) is 2.11. The van der Waals surface area contributed by atoms with Gasteiger partial charge in [0.2, 0.25) is 0 Å². The molecular weight excluding hydrogens is 184 g/mol. The molecule has 0 spiro atoms. The highest BCUT2D eigenvalue weighted by molar-refractivity contribution is 8.76. The fourth-order valence-corrected chi connectivity index (χ4v) is 2.47. The number of allylic oxidation sites excluding steroid dienone is 2. The minimum Gasteiger partial charge on any atom is -0.0988 e. The highest BCUT2D eigenvalue weighted by atomic mass is 33.1. The quantitative estimate of drug-likeness (QED) is 0.346. The molecule has 0 atom stereocenters. The van der Waals surface area contributed by atoms with Crippen molar-refractivity contribution >= 4 is 21.6 Å². The molecule has 0 N–H and O–H groups in total. The minimum atomic E-state index is 0.929. The van der Waals surface area contributed by atoms with Crippen LogP contribution < -0.4 is 0 Å². The lowest BCUT2D eigenvalue weighted by Crippen LogP contribution is -1.80. The van der Waals surface area contributed by atoms with Gasteiger partial charge in [-0.3, -0.25) is 0 Å². The van der Waals surface area contributed by atoms with Gasteiger partial charge in [0.15, 0.2) is 0 Å². The Kier molecular flexibility index (Phi) is 7.11. The topological polar surface area (TPSA) is 0 Å². The zero-order valence-electron chi connectivity index (χ0n) is 7.21. The van der Waals surface area contributed by atoms with E-state index >= 15 is 0 Å². The van der Waals surface area contributed by atoms with Crippen molar-refractivity contribution in [3.63, 3.8) is 0 Å². The molecule has 0 unspecified atom stereocenters. The lowest BCUT2D eigenvalue weighted by molar-refractivity contribution is 1.60. The van der Waals surface area contributed by atoms with Crippen molar-refractivity contribution in [2.24, 2.45) is 0 Å². The summed E-state index contributed by atoms with van der Waals surface area (Å²) in [6.45, 7) is 14.9. The predicted molar refractivity (Wildman–Crippen MR) is 63.6 cm³/mol. The molecule has 0 aliphatic heterocycles. The van der Waals surface area contributed by atoms with Crippen molar-refractivity contribution in [2.45, 2.75) is 0 Å². The van der Waals surface area contributed by atoms with Crippen molar-refractivity contribution < 1.29 is 0 Å². The molecule has 0 saturated carbocycles. The van der Waals surface area contributed by atoms with Gasteiger partial charge in [-0.2, -0.15) is 0 Å². The van der Waals surface area contributed by atoms with Crippen LogP contribution in [0.5, 0.6) is 0 Å². The molecular formula is C10H14S2. The van der Waals surface area contributed by atoms with Crippen LogP contribution in [0, 0.1) is 0 Å². The van der Waals surface area contributed by atoms with E-state index in [1.807, 2.05) is 0 Å². The largest absolute Gasteiger partial charge is 0.0988 e. The second-order valence-electron chi connectivity index (χ2n) is 2.25. The van der Waals surface area contributed by atoms with Crippen molar-refractivity contribution in [1.82, 2.24) is 0 Å². The first-order valence-electron chi connectivity index (χ1n) is 3.55. The fourth-order valence-electron chi connectivity index (χ4n) is 0.353. The van der Waals surface area contributed by atoms with Crippen molar-refractivity contribution in [1.29, 1.82) is 0 Å². The van der Waals surface area contributed by atoms with E-state index in [2.05, 4.69) is 26.3 Å². The molecule has 0 rings (SSSR count). The maximum absolute atomic E-state index is 3.82. The molecule has 2 heteroatoms. The molecule has 0 saturated heterocycles. The first kappa shape index (κ1) is 11.7. The summed E-state index contributed by atoms with van der Waals surface area (Å²) in [6, 6.07) is 0. The predicted octanol–water partition coefficient (Wildman–Crippen LogP) is 3.85. The van der Waals surface area contributed by atoms with E-state index in [-0.39, 0.29) is 0 Å². The molecule has 0 nitrogen and oxygen atoms in total. The number of hydrogen-bond donors (Lipinski definition) is 0. The van der Waals surface area contributed by atoms with Gasteiger partial charge in [0.1, 0.15) is 0 Å². The Balaban J connectivity index is 3.32. The van der Waals surface area contributed by atoms with Gasteiger partial charge in [-0.05, 0) is 11.1 Å². The Morgan fingerprint density at radius 1 is 0.917 bits per heavy atom. The minimum absolute atomic E-state index is 0.929. The van der Waals surface area contributed by atoms with Crippen LogP contribution in [-0.2, 0) is 0 Å². The van der Waals surface area contributed by atoms with Crippen LogP contribution in [0.2, 0.25) is 0 Å². The summed E-state index contributed by atoms with van der Waals surface area (Å²) in [5.74, 6) is 1.86. The van der Waals surface area contributed by atoms with E-state index in [4.69, 9.17) is 0 Å². The molecule has 0 bridgehead atoms. The van der Waals surface area contributed by atoms with Crippen molar-refractivity contribution in [2.75, 3.05) is 11.5 Å². The van der Waals surface area contributed by atoms with Gasteiger partial charge in [0.05, 0.1) is 0 Å². The van der Waals surface area contributed by atoms with E-state index in [9.17, 15) is 0 Å². The Morgan fingerprint density at radius 3 is 1.50 bits per heavy atom. The normalized spacial score (nSPS) is 9.00. The Morgan fingerprint density at radius 2 is 1.25 bits per heavy atom. The summed E-state index contributed by atoms with van der Waals surface area (Å²) in [5, 5.41) is 0. The molecule has 12 heavy (non-hydrogen) atoms. The molecule has 0 aromatic carbocycles. The third-order valence-electron chi connectivity index (χ3n) is 1.15. The zero-order chi connectivity index (χ0) is 9.40. The van der Waals surface area contributed by atoms with Gasteiger partial charge >= 0.3 is 0 Å². The molecule has 0 amide bonds. The molecule has 66 valence electrons. The van der Waals surface area contributed by atoms with E-state index in [0.717, 1.165) is 22.7 Å². The SMILES string of the molecule is C=CC(=C)CSSCC(=C)C=C. The highest BCUT2D eigenvalue weighted by Gasteiger charge is 1.92. The maximum atomic E-state index is 3.82. The molecule has 0 heterocycles. The highest BCUT2D eigenvalue weighted by Crippen LogP contribution is 2.25. The Labute approximate surface area is 82.9 Å². The van der Waals surface area contributed by atoms with Crippen molar-refractivity contribution in [3.8, 4) is 0 Å². The van der Waals surface area contributed by atoms with E-state index in [1.165, 1.54) is 0 Å². The average molecular weight is 198 g/mol. The first-order chi connectivity index (χ1) is 5.70. The molecule has 0 aliphatic rings. The van der Waals surface area contributed by atoms with Gasteiger partial charge in [-0.25, -0.2) is 0 Å². The molecule has 0 fully saturated rings. The summed E-state index contributed by atoms with van der Waals surface area (Å²) < 4.78 is 0. The van der Waals surface area contributed by atoms with Crippen LogP contribution in [-0.4, -0.2) is 11.5 Å². The summed E-state index contributed by atoms with van der Waals surface area (Å²) in [7, 11) is 3.53.